The third-order valence-electron chi connectivity index (χ3n) is 4.47. The predicted molar refractivity (Wildman–Crippen MR) is 77.2 cm³/mol. The van der Waals surface area contributed by atoms with Crippen molar-refractivity contribution >= 4 is 5.91 Å². The number of hydrogen-bond acceptors (Lipinski definition) is 3. The Bertz CT molecular complexity index is 489. The first-order valence-corrected chi connectivity index (χ1v) is 7.47. The first-order chi connectivity index (χ1) is 9.78. The molecule has 1 aromatic carbocycles. The summed E-state index contributed by atoms with van der Waals surface area (Å²) in [5.74, 6) is 0.446. The van der Waals surface area contributed by atoms with Gasteiger partial charge in [-0.05, 0) is 36.3 Å². The van der Waals surface area contributed by atoms with Gasteiger partial charge in [-0.1, -0.05) is 24.3 Å². The van der Waals surface area contributed by atoms with Crippen LogP contribution in [0.15, 0.2) is 24.3 Å². The molecule has 108 valence electrons. The Morgan fingerprint density at radius 1 is 1.35 bits per heavy atom. The van der Waals surface area contributed by atoms with E-state index in [0.717, 1.165) is 32.4 Å². The number of nitrogens with one attached hydrogen (secondary N) is 1. The number of piperidine rings is 1. The first kappa shape index (κ1) is 13.6. The van der Waals surface area contributed by atoms with E-state index in [1.54, 1.807) is 0 Å². The van der Waals surface area contributed by atoms with Crippen LogP contribution in [-0.4, -0.2) is 41.7 Å². The molecule has 2 aliphatic heterocycles. The summed E-state index contributed by atoms with van der Waals surface area (Å²) in [6.07, 6.45) is 2.80. The lowest BCUT2D eigenvalue weighted by Gasteiger charge is -2.36. The molecule has 3 rings (SSSR count). The summed E-state index contributed by atoms with van der Waals surface area (Å²) in [6, 6.07) is 8.20. The fraction of sp³-hybridized carbons (Fsp3) is 0.562. The first-order valence-electron chi connectivity index (χ1n) is 7.47. The van der Waals surface area contributed by atoms with Crippen LogP contribution in [0.4, 0.5) is 0 Å². The number of aliphatic hydroxyl groups is 1. The standard InChI is InChI=1S/C16H22N2O2/c19-11-12-4-3-7-18(10-12)16(20)15-8-13-5-1-2-6-14(13)9-17-15/h1-2,5-6,12,15,17,19H,3-4,7-11H2. The topological polar surface area (TPSA) is 52.6 Å². The Morgan fingerprint density at radius 3 is 2.95 bits per heavy atom. The van der Waals surface area contributed by atoms with Gasteiger partial charge in [0.2, 0.25) is 5.91 Å². The molecule has 1 aromatic rings. The molecule has 2 N–H and O–H groups in total. The third kappa shape index (κ3) is 2.72. The Morgan fingerprint density at radius 2 is 2.15 bits per heavy atom. The van der Waals surface area contributed by atoms with Crippen molar-refractivity contribution in [3.05, 3.63) is 35.4 Å². The maximum Gasteiger partial charge on any atom is 0.240 e. The highest BCUT2D eigenvalue weighted by Gasteiger charge is 2.30. The van der Waals surface area contributed by atoms with Crippen LogP contribution in [0.25, 0.3) is 0 Å². The van der Waals surface area contributed by atoms with Crippen LogP contribution in [0.3, 0.4) is 0 Å². The van der Waals surface area contributed by atoms with Crippen LogP contribution in [-0.2, 0) is 17.8 Å². The zero-order valence-corrected chi connectivity index (χ0v) is 11.7. The number of carbonyl (C=O) groups excluding carboxylic acids is 1. The zero-order valence-electron chi connectivity index (χ0n) is 11.7. The average molecular weight is 274 g/mol. The van der Waals surface area contributed by atoms with Crippen molar-refractivity contribution < 1.29 is 9.90 Å². The van der Waals surface area contributed by atoms with Crippen LogP contribution in [0, 0.1) is 5.92 Å². The minimum atomic E-state index is -0.109. The molecule has 1 saturated heterocycles. The molecular formula is C16H22N2O2. The van der Waals surface area contributed by atoms with Crippen molar-refractivity contribution in [2.75, 3.05) is 19.7 Å². The molecule has 4 heteroatoms. The zero-order chi connectivity index (χ0) is 13.9. The van der Waals surface area contributed by atoms with Crippen LogP contribution in [0.2, 0.25) is 0 Å². The molecular weight excluding hydrogens is 252 g/mol. The van der Waals surface area contributed by atoms with Gasteiger partial charge in [-0.3, -0.25) is 4.79 Å². The number of nitrogens with zero attached hydrogens (tertiary/aromatic N) is 1. The van der Waals surface area contributed by atoms with Gasteiger partial charge in [-0.2, -0.15) is 0 Å². The molecule has 20 heavy (non-hydrogen) atoms. The third-order valence-corrected chi connectivity index (χ3v) is 4.47. The van der Waals surface area contributed by atoms with Gasteiger partial charge in [0, 0.05) is 26.2 Å². The smallest absolute Gasteiger partial charge is 0.240 e. The van der Waals surface area contributed by atoms with Crippen molar-refractivity contribution in [2.45, 2.75) is 31.8 Å². The summed E-state index contributed by atoms with van der Waals surface area (Å²) >= 11 is 0. The molecule has 1 fully saturated rings. The largest absolute Gasteiger partial charge is 0.396 e. The second kappa shape index (κ2) is 5.94. The quantitative estimate of drug-likeness (QED) is 0.843. The highest BCUT2D eigenvalue weighted by molar-refractivity contribution is 5.82. The van der Waals surface area contributed by atoms with E-state index in [-0.39, 0.29) is 24.5 Å². The van der Waals surface area contributed by atoms with Crippen molar-refractivity contribution in [3.8, 4) is 0 Å². The van der Waals surface area contributed by atoms with Crippen LogP contribution < -0.4 is 5.32 Å². The molecule has 0 spiro atoms. The van der Waals surface area contributed by atoms with Gasteiger partial charge in [0.05, 0.1) is 6.04 Å². The van der Waals surface area contributed by atoms with E-state index >= 15 is 0 Å². The normalized spacial score (nSPS) is 26.1. The van der Waals surface area contributed by atoms with Gasteiger partial charge in [0.1, 0.15) is 0 Å². The van der Waals surface area contributed by atoms with Gasteiger partial charge < -0.3 is 15.3 Å². The molecule has 2 heterocycles. The van der Waals surface area contributed by atoms with E-state index in [9.17, 15) is 9.90 Å². The molecule has 1 amide bonds. The molecule has 2 aliphatic rings. The van der Waals surface area contributed by atoms with Gasteiger partial charge >= 0.3 is 0 Å². The summed E-state index contributed by atoms with van der Waals surface area (Å²) < 4.78 is 0. The van der Waals surface area contributed by atoms with E-state index < -0.39 is 0 Å². The van der Waals surface area contributed by atoms with E-state index in [2.05, 4.69) is 17.4 Å². The molecule has 0 aromatic heterocycles. The average Bonchev–Trinajstić information content (AvgIpc) is 2.53. The second-order valence-corrected chi connectivity index (χ2v) is 5.88. The van der Waals surface area contributed by atoms with Crippen molar-refractivity contribution in [3.63, 3.8) is 0 Å². The Kier molecular flexibility index (Phi) is 4.03. The predicted octanol–water partition coefficient (Wildman–Crippen LogP) is 0.932. The number of carbonyl (C=O) groups is 1. The summed E-state index contributed by atoms with van der Waals surface area (Å²) in [5, 5.41) is 12.6. The number of fused-ring (bicyclic) bond motifs is 1. The Labute approximate surface area is 119 Å². The van der Waals surface area contributed by atoms with Crippen molar-refractivity contribution in [1.82, 2.24) is 10.2 Å². The molecule has 2 unspecified atom stereocenters. The van der Waals surface area contributed by atoms with Crippen LogP contribution in [0.1, 0.15) is 24.0 Å². The van der Waals surface area contributed by atoms with E-state index in [0.29, 0.717) is 6.54 Å². The van der Waals surface area contributed by atoms with Gasteiger partial charge in [0.15, 0.2) is 0 Å². The fourth-order valence-corrected chi connectivity index (χ4v) is 3.26. The molecule has 2 atom stereocenters. The molecule has 0 radical (unpaired) electrons. The molecule has 0 aliphatic carbocycles. The maximum atomic E-state index is 12.6. The summed E-state index contributed by atoms with van der Waals surface area (Å²) in [6.45, 7) is 2.48. The summed E-state index contributed by atoms with van der Waals surface area (Å²) in [5.41, 5.74) is 2.57. The second-order valence-electron chi connectivity index (χ2n) is 5.88. The number of likely N-dealkylation sites (tertiary alicyclic amines) is 1. The van der Waals surface area contributed by atoms with E-state index in [4.69, 9.17) is 0 Å². The highest BCUT2D eigenvalue weighted by Crippen LogP contribution is 2.20. The number of rotatable bonds is 2. The minimum absolute atomic E-state index is 0.109. The minimum Gasteiger partial charge on any atom is -0.396 e. The van der Waals surface area contributed by atoms with E-state index in [1.165, 1.54) is 11.1 Å². The van der Waals surface area contributed by atoms with Crippen LogP contribution in [0.5, 0.6) is 0 Å². The number of amides is 1. The van der Waals surface area contributed by atoms with Crippen molar-refractivity contribution in [2.24, 2.45) is 5.92 Å². The maximum absolute atomic E-state index is 12.6. The molecule has 0 bridgehead atoms. The van der Waals surface area contributed by atoms with Gasteiger partial charge in [-0.25, -0.2) is 0 Å². The van der Waals surface area contributed by atoms with Gasteiger partial charge in [0.25, 0.3) is 0 Å². The highest BCUT2D eigenvalue weighted by atomic mass is 16.3. The SMILES string of the molecule is O=C(C1Cc2ccccc2CN1)N1CCCC(CO)C1. The monoisotopic (exact) mass is 274 g/mol. The Hall–Kier alpha value is -1.39. The molecule has 4 nitrogen and oxygen atoms in total. The van der Waals surface area contributed by atoms with Crippen molar-refractivity contribution in [1.29, 1.82) is 0 Å². The number of aliphatic hydroxyl groups excluding tert-OH is 1. The number of hydrogen-bond donors (Lipinski definition) is 2. The molecule has 0 saturated carbocycles. The van der Waals surface area contributed by atoms with Crippen LogP contribution >= 0.6 is 0 Å². The summed E-state index contributed by atoms with van der Waals surface area (Å²) in [4.78, 5) is 14.5. The fourth-order valence-electron chi connectivity index (χ4n) is 3.26. The summed E-state index contributed by atoms with van der Waals surface area (Å²) in [7, 11) is 0. The lowest BCUT2D eigenvalue weighted by molar-refractivity contribution is -0.135. The Balaban J connectivity index is 1.67. The lowest BCUT2D eigenvalue weighted by atomic mass is 9.93. The van der Waals surface area contributed by atoms with Gasteiger partial charge in [-0.15, -0.1) is 0 Å². The van der Waals surface area contributed by atoms with E-state index in [1.807, 2.05) is 17.0 Å². The number of benzene rings is 1. The lowest BCUT2D eigenvalue weighted by Crippen LogP contribution is -2.52.